The van der Waals surface area contributed by atoms with Crippen molar-refractivity contribution in [1.82, 2.24) is 14.9 Å². The number of aromatic nitrogens is 2. The molecule has 5 rings (SSSR count). The van der Waals surface area contributed by atoms with Crippen LogP contribution in [0.1, 0.15) is 11.4 Å². The van der Waals surface area contributed by atoms with E-state index in [1.165, 1.54) is 6.07 Å². The van der Waals surface area contributed by atoms with Gasteiger partial charge in [0, 0.05) is 43.7 Å². The van der Waals surface area contributed by atoms with E-state index in [4.69, 9.17) is 13.9 Å². The molecule has 0 aliphatic rings. The van der Waals surface area contributed by atoms with Crippen LogP contribution < -0.4 is 10.2 Å². The van der Waals surface area contributed by atoms with Crippen molar-refractivity contribution >= 4 is 11.0 Å². The maximum absolute atomic E-state index is 12.4. The minimum Gasteiger partial charge on any atom is -0.491 e. The Morgan fingerprint density at radius 3 is 2.11 bits per heavy atom. The molecule has 0 fully saturated rings. The Kier molecular flexibility index (Phi) is 8.51. The van der Waals surface area contributed by atoms with Gasteiger partial charge in [-0.15, -0.1) is 0 Å². The molecule has 0 N–H and O–H groups in total. The van der Waals surface area contributed by atoms with Crippen LogP contribution in [-0.4, -0.2) is 41.2 Å². The lowest BCUT2D eigenvalue weighted by molar-refractivity contribution is 0.0754. The first-order chi connectivity index (χ1) is 18.7. The highest BCUT2D eigenvalue weighted by molar-refractivity contribution is 5.78. The van der Waals surface area contributed by atoms with Gasteiger partial charge in [-0.3, -0.25) is 19.7 Å². The Morgan fingerprint density at radius 2 is 1.42 bits per heavy atom. The maximum Gasteiger partial charge on any atom is 0.193 e. The summed E-state index contributed by atoms with van der Waals surface area (Å²) >= 11 is 0. The number of nitrogens with zero attached hydrogens (tertiary/aromatic N) is 3. The molecule has 0 unspecified atom stereocenters. The van der Waals surface area contributed by atoms with Crippen LogP contribution in [0, 0.1) is 0 Å². The third-order valence-electron chi connectivity index (χ3n) is 6.05. The monoisotopic (exact) mass is 507 g/mol. The van der Waals surface area contributed by atoms with Gasteiger partial charge >= 0.3 is 0 Å². The van der Waals surface area contributed by atoms with Crippen molar-refractivity contribution < 1.29 is 13.9 Å². The van der Waals surface area contributed by atoms with Crippen molar-refractivity contribution in [1.29, 1.82) is 0 Å². The number of fused-ring (bicyclic) bond motifs is 1. The van der Waals surface area contributed by atoms with Crippen molar-refractivity contribution in [2.45, 2.75) is 13.1 Å². The third kappa shape index (κ3) is 6.91. The van der Waals surface area contributed by atoms with Gasteiger partial charge in [-0.25, -0.2) is 0 Å². The molecule has 3 heterocycles. The number of ether oxygens (including phenoxy) is 2. The maximum atomic E-state index is 12.4. The van der Waals surface area contributed by atoms with E-state index in [0.29, 0.717) is 36.6 Å². The highest BCUT2D eigenvalue weighted by Crippen LogP contribution is 2.24. The van der Waals surface area contributed by atoms with Gasteiger partial charge in [0.15, 0.2) is 5.43 Å². The SMILES string of the molecule is O=c1cc(-c2ccc(OCCOCCN(Cc3ccccn3)Cc3ccccn3)cc2)oc2ccccc12. The van der Waals surface area contributed by atoms with Gasteiger partial charge in [0.25, 0.3) is 0 Å². The molecule has 38 heavy (non-hydrogen) atoms. The molecule has 7 nitrogen and oxygen atoms in total. The Morgan fingerprint density at radius 1 is 0.737 bits per heavy atom. The van der Waals surface area contributed by atoms with E-state index in [2.05, 4.69) is 14.9 Å². The molecule has 0 aliphatic carbocycles. The number of para-hydroxylation sites is 1. The molecule has 0 spiro atoms. The lowest BCUT2D eigenvalue weighted by Gasteiger charge is -2.21. The normalized spacial score (nSPS) is 11.2. The van der Waals surface area contributed by atoms with Crippen LogP contribution in [0.4, 0.5) is 0 Å². The average molecular weight is 508 g/mol. The molecule has 0 atom stereocenters. The van der Waals surface area contributed by atoms with Crippen molar-refractivity contribution in [3.05, 3.63) is 125 Å². The average Bonchev–Trinajstić information content (AvgIpc) is 2.96. The lowest BCUT2D eigenvalue weighted by atomic mass is 10.1. The predicted molar refractivity (Wildman–Crippen MR) is 147 cm³/mol. The fraction of sp³-hybridized carbons (Fsp3) is 0.194. The summed E-state index contributed by atoms with van der Waals surface area (Å²) in [7, 11) is 0. The molecule has 0 saturated carbocycles. The number of hydrogen-bond donors (Lipinski definition) is 0. The topological polar surface area (TPSA) is 77.7 Å². The molecule has 0 saturated heterocycles. The van der Waals surface area contributed by atoms with Gasteiger partial charge in [-0.2, -0.15) is 0 Å². The summed E-state index contributed by atoms with van der Waals surface area (Å²) in [6.07, 6.45) is 3.62. The van der Waals surface area contributed by atoms with Crippen LogP contribution >= 0.6 is 0 Å². The van der Waals surface area contributed by atoms with E-state index < -0.39 is 0 Å². The molecular formula is C31H29N3O4. The van der Waals surface area contributed by atoms with Crippen LogP contribution in [0.2, 0.25) is 0 Å². The van der Waals surface area contributed by atoms with Crippen LogP contribution in [-0.2, 0) is 17.8 Å². The number of benzene rings is 2. The van der Waals surface area contributed by atoms with E-state index in [9.17, 15) is 4.79 Å². The number of rotatable bonds is 12. The number of pyridine rings is 2. The first-order valence-corrected chi connectivity index (χ1v) is 12.6. The molecule has 0 aliphatic heterocycles. The minimum absolute atomic E-state index is 0.0575. The molecule has 0 amide bonds. The standard InChI is InChI=1S/C31H29N3O4/c35-29-21-31(38-30-10-2-1-9-28(29)30)24-11-13-27(14-12-24)37-20-19-36-18-17-34(22-25-7-3-5-15-32-25)23-26-8-4-6-16-33-26/h1-16,21H,17-20,22-23H2. The second-order valence-corrected chi connectivity index (χ2v) is 8.81. The summed E-state index contributed by atoms with van der Waals surface area (Å²) in [5.41, 5.74) is 3.36. The van der Waals surface area contributed by atoms with E-state index in [0.717, 1.165) is 42.3 Å². The van der Waals surface area contributed by atoms with Crippen LogP contribution in [0.3, 0.4) is 0 Å². The summed E-state index contributed by atoms with van der Waals surface area (Å²) in [5, 5.41) is 0.577. The summed E-state index contributed by atoms with van der Waals surface area (Å²) in [6.45, 7) is 3.68. The fourth-order valence-electron chi connectivity index (χ4n) is 4.13. The number of hydrogen-bond acceptors (Lipinski definition) is 7. The van der Waals surface area contributed by atoms with Crippen molar-refractivity contribution in [3.8, 4) is 17.1 Å². The highest BCUT2D eigenvalue weighted by atomic mass is 16.5. The quantitative estimate of drug-likeness (QED) is 0.211. The van der Waals surface area contributed by atoms with Crippen LogP contribution in [0.25, 0.3) is 22.3 Å². The Balaban J connectivity index is 1.09. The lowest BCUT2D eigenvalue weighted by Crippen LogP contribution is -2.28. The molecule has 5 aromatic rings. The molecule has 192 valence electrons. The molecule has 3 aromatic heterocycles. The first-order valence-electron chi connectivity index (χ1n) is 12.6. The highest BCUT2D eigenvalue weighted by Gasteiger charge is 2.10. The molecule has 0 bridgehead atoms. The minimum atomic E-state index is -0.0575. The predicted octanol–water partition coefficient (Wildman–Crippen LogP) is 5.35. The molecule has 0 radical (unpaired) electrons. The van der Waals surface area contributed by atoms with Gasteiger partial charge in [-0.05, 0) is 60.7 Å². The van der Waals surface area contributed by atoms with Gasteiger partial charge in [0.2, 0.25) is 0 Å². The van der Waals surface area contributed by atoms with Gasteiger partial charge in [0.1, 0.15) is 23.7 Å². The summed E-state index contributed by atoms with van der Waals surface area (Å²) in [6, 6.07) is 28.2. The van der Waals surface area contributed by atoms with Gasteiger partial charge in [0.05, 0.1) is 30.0 Å². The second kappa shape index (κ2) is 12.8. The second-order valence-electron chi connectivity index (χ2n) is 8.81. The zero-order valence-electron chi connectivity index (χ0n) is 21.0. The smallest absolute Gasteiger partial charge is 0.193 e. The zero-order chi connectivity index (χ0) is 26.0. The van der Waals surface area contributed by atoms with E-state index >= 15 is 0 Å². The molecule has 7 heteroatoms. The van der Waals surface area contributed by atoms with E-state index in [1.54, 1.807) is 12.1 Å². The summed E-state index contributed by atoms with van der Waals surface area (Å²) in [4.78, 5) is 23.6. The zero-order valence-corrected chi connectivity index (χ0v) is 21.0. The van der Waals surface area contributed by atoms with E-state index in [1.807, 2.05) is 85.2 Å². The van der Waals surface area contributed by atoms with Crippen molar-refractivity contribution in [2.75, 3.05) is 26.4 Å². The molecule has 2 aromatic carbocycles. The fourth-order valence-corrected chi connectivity index (χ4v) is 4.13. The largest absolute Gasteiger partial charge is 0.491 e. The summed E-state index contributed by atoms with van der Waals surface area (Å²) in [5.74, 6) is 1.26. The Labute approximate surface area is 221 Å². The Hall–Kier alpha value is -4.33. The third-order valence-corrected chi connectivity index (χ3v) is 6.05. The molecular weight excluding hydrogens is 478 g/mol. The van der Waals surface area contributed by atoms with E-state index in [-0.39, 0.29) is 5.43 Å². The first kappa shape index (κ1) is 25.3. The van der Waals surface area contributed by atoms with Gasteiger partial charge in [-0.1, -0.05) is 24.3 Å². The van der Waals surface area contributed by atoms with Crippen molar-refractivity contribution in [3.63, 3.8) is 0 Å². The van der Waals surface area contributed by atoms with Crippen LogP contribution in [0.5, 0.6) is 5.75 Å². The van der Waals surface area contributed by atoms with Gasteiger partial charge < -0.3 is 13.9 Å². The van der Waals surface area contributed by atoms with Crippen molar-refractivity contribution in [2.24, 2.45) is 0 Å². The summed E-state index contributed by atoms with van der Waals surface area (Å²) < 4.78 is 17.6. The van der Waals surface area contributed by atoms with Crippen LogP contribution in [0.15, 0.2) is 113 Å². The Bertz CT molecular complexity index is 1450.